The van der Waals surface area contributed by atoms with Gasteiger partial charge in [0.15, 0.2) is 0 Å². The van der Waals surface area contributed by atoms with Gasteiger partial charge in [0, 0.05) is 6.54 Å². The van der Waals surface area contributed by atoms with Gasteiger partial charge in [-0.2, -0.15) is 0 Å². The van der Waals surface area contributed by atoms with Gasteiger partial charge in [-0.1, -0.05) is 11.6 Å². The highest BCUT2D eigenvalue weighted by atomic mass is 16.3. The van der Waals surface area contributed by atoms with E-state index in [1.165, 1.54) is 25.7 Å². The van der Waals surface area contributed by atoms with E-state index in [-0.39, 0.29) is 6.10 Å². The minimum absolute atomic E-state index is 0.222. The molecule has 0 saturated carbocycles. The predicted molar refractivity (Wildman–Crippen MR) is 55.7 cm³/mol. The van der Waals surface area contributed by atoms with Crippen molar-refractivity contribution in [3.8, 4) is 0 Å². The number of hydrogen-bond acceptors (Lipinski definition) is 2. The summed E-state index contributed by atoms with van der Waals surface area (Å²) in [6.45, 7) is 3.54. The van der Waals surface area contributed by atoms with E-state index >= 15 is 0 Å². The van der Waals surface area contributed by atoms with Gasteiger partial charge in [0.1, 0.15) is 0 Å². The fourth-order valence-corrected chi connectivity index (χ4v) is 1.69. The molecule has 0 radical (unpaired) electrons. The Labute approximate surface area is 81.0 Å². The number of allylic oxidation sites excluding steroid dienone is 1. The van der Waals surface area contributed by atoms with Gasteiger partial charge in [-0.15, -0.1) is 0 Å². The Morgan fingerprint density at radius 1 is 1.54 bits per heavy atom. The third-order valence-electron chi connectivity index (χ3n) is 2.45. The molecule has 0 spiro atoms. The molecule has 0 fully saturated rings. The molecule has 0 aromatic carbocycles. The molecule has 2 nitrogen and oxygen atoms in total. The minimum Gasteiger partial charge on any atom is -0.392 e. The van der Waals surface area contributed by atoms with E-state index in [2.05, 4.69) is 11.4 Å². The first-order chi connectivity index (χ1) is 6.29. The summed E-state index contributed by atoms with van der Waals surface area (Å²) in [6.07, 6.45) is 8.61. The Hall–Kier alpha value is -0.340. The van der Waals surface area contributed by atoms with Crippen LogP contribution in [-0.4, -0.2) is 24.3 Å². The Balaban J connectivity index is 2.01. The molecule has 13 heavy (non-hydrogen) atoms. The van der Waals surface area contributed by atoms with Gasteiger partial charge in [-0.25, -0.2) is 0 Å². The number of aliphatic hydroxyl groups is 1. The Bertz CT molecular complexity index is 163. The lowest BCUT2D eigenvalue weighted by Gasteiger charge is -2.13. The average Bonchev–Trinajstić information content (AvgIpc) is 2.14. The molecule has 1 aliphatic carbocycles. The second-order valence-corrected chi connectivity index (χ2v) is 3.91. The van der Waals surface area contributed by atoms with Crippen molar-refractivity contribution >= 4 is 0 Å². The van der Waals surface area contributed by atoms with Crippen LogP contribution in [0, 0.1) is 0 Å². The van der Waals surface area contributed by atoms with Crippen LogP contribution in [0.3, 0.4) is 0 Å². The van der Waals surface area contributed by atoms with Crippen molar-refractivity contribution in [3.05, 3.63) is 11.6 Å². The molecule has 1 atom stereocenters. The average molecular weight is 183 g/mol. The zero-order chi connectivity index (χ0) is 9.52. The van der Waals surface area contributed by atoms with Gasteiger partial charge in [-0.3, -0.25) is 0 Å². The van der Waals surface area contributed by atoms with E-state index in [0.29, 0.717) is 6.54 Å². The first-order valence-electron chi connectivity index (χ1n) is 5.35. The van der Waals surface area contributed by atoms with E-state index in [4.69, 9.17) is 5.11 Å². The monoisotopic (exact) mass is 183 g/mol. The normalized spacial score (nSPS) is 19.7. The van der Waals surface area contributed by atoms with Crippen LogP contribution in [-0.2, 0) is 0 Å². The van der Waals surface area contributed by atoms with E-state index in [0.717, 1.165) is 13.0 Å². The van der Waals surface area contributed by atoms with Crippen LogP contribution >= 0.6 is 0 Å². The third kappa shape index (κ3) is 5.06. The summed E-state index contributed by atoms with van der Waals surface area (Å²) < 4.78 is 0. The fourth-order valence-electron chi connectivity index (χ4n) is 1.69. The zero-order valence-electron chi connectivity index (χ0n) is 8.55. The van der Waals surface area contributed by atoms with E-state index in [9.17, 15) is 0 Å². The zero-order valence-corrected chi connectivity index (χ0v) is 8.55. The standard InChI is InChI=1S/C11H21NO/c1-10(13)9-12-8-7-11-5-3-2-4-6-11/h5,10,12-13H,2-4,6-9H2,1H3/t10-/m1/s1. The second kappa shape index (κ2) is 6.17. The lowest BCUT2D eigenvalue weighted by molar-refractivity contribution is 0.191. The van der Waals surface area contributed by atoms with Crippen LogP contribution in [0.15, 0.2) is 11.6 Å². The van der Waals surface area contributed by atoms with E-state index in [1.807, 2.05) is 6.92 Å². The summed E-state index contributed by atoms with van der Waals surface area (Å²) >= 11 is 0. The summed E-state index contributed by atoms with van der Waals surface area (Å²) in [7, 11) is 0. The molecule has 0 saturated heterocycles. The van der Waals surface area contributed by atoms with Crippen molar-refractivity contribution in [1.82, 2.24) is 5.32 Å². The molecule has 0 unspecified atom stereocenters. The molecule has 0 heterocycles. The Kier molecular flexibility index (Phi) is 5.09. The van der Waals surface area contributed by atoms with Crippen molar-refractivity contribution in [3.63, 3.8) is 0 Å². The lowest BCUT2D eigenvalue weighted by atomic mass is 9.97. The van der Waals surface area contributed by atoms with Crippen molar-refractivity contribution in [2.24, 2.45) is 0 Å². The van der Waals surface area contributed by atoms with Gasteiger partial charge in [0.25, 0.3) is 0 Å². The molecule has 1 aliphatic rings. The summed E-state index contributed by atoms with van der Waals surface area (Å²) in [4.78, 5) is 0. The van der Waals surface area contributed by atoms with E-state index in [1.54, 1.807) is 5.57 Å². The molecule has 0 bridgehead atoms. The molecule has 1 rings (SSSR count). The highest BCUT2D eigenvalue weighted by molar-refractivity contribution is 5.05. The lowest BCUT2D eigenvalue weighted by Crippen LogP contribution is -2.25. The van der Waals surface area contributed by atoms with Crippen LogP contribution in [0.4, 0.5) is 0 Å². The first-order valence-corrected chi connectivity index (χ1v) is 5.35. The third-order valence-corrected chi connectivity index (χ3v) is 2.45. The van der Waals surface area contributed by atoms with Crippen LogP contribution in [0.2, 0.25) is 0 Å². The minimum atomic E-state index is -0.222. The Morgan fingerprint density at radius 3 is 3.00 bits per heavy atom. The smallest absolute Gasteiger partial charge is 0.0636 e. The van der Waals surface area contributed by atoms with Crippen LogP contribution in [0.25, 0.3) is 0 Å². The highest BCUT2D eigenvalue weighted by Crippen LogP contribution is 2.19. The number of nitrogens with one attached hydrogen (secondary N) is 1. The van der Waals surface area contributed by atoms with E-state index < -0.39 is 0 Å². The number of hydrogen-bond donors (Lipinski definition) is 2. The maximum absolute atomic E-state index is 9.01. The molecule has 2 N–H and O–H groups in total. The van der Waals surface area contributed by atoms with Crippen molar-refractivity contribution < 1.29 is 5.11 Å². The second-order valence-electron chi connectivity index (χ2n) is 3.91. The summed E-state index contributed by atoms with van der Waals surface area (Å²) in [5.74, 6) is 0. The molecular formula is C11H21NO. The number of aliphatic hydroxyl groups excluding tert-OH is 1. The highest BCUT2D eigenvalue weighted by Gasteiger charge is 2.02. The molecule has 0 aromatic rings. The quantitative estimate of drug-likeness (QED) is 0.503. The van der Waals surface area contributed by atoms with Gasteiger partial charge >= 0.3 is 0 Å². The summed E-state index contributed by atoms with van der Waals surface area (Å²) in [5.41, 5.74) is 1.60. The maximum Gasteiger partial charge on any atom is 0.0636 e. The van der Waals surface area contributed by atoms with Gasteiger partial charge < -0.3 is 10.4 Å². The van der Waals surface area contributed by atoms with Crippen molar-refractivity contribution in [2.75, 3.05) is 13.1 Å². The SMILES string of the molecule is C[C@@H](O)CNCCC1=CCCCC1. The van der Waals surface area contributed by atoms with Crippen molar-refractivity contribution in [1.29, 1.82) is 0 Å². The van der Waals surface area contributed by atoms with Crippen molar-refractivity contribution in [2.45, 2.75) is 45.1 Å². The number of rotatable bonds is 5. The fraction of sp³-hybridized carbons (Fsp3) is 0.818. The molecule has 76 valence electrons. The molecule has 0 aromatic heterocycles. The first kappa shape index (κ1) is 10.7. The van der Waals surface area contributed by atoms with Crippen LogP contribution in [0.5, 0.6) is 0 Å². The summed E-state index contributed by atoms with van der Waals surface area (Å²) in [5, 5.41) is 12.3. The van der Waals surface area contributed by atoms with Gasteiger partial charge in [0.05, 0.1) is 6.10 Å². The molecule has 0 amide bonds. The van der Waals surface area contributed by atoms with Crippen LogP contribution < -0.4 is 5.32 Å². The predicted octanol–water partition coefficient (Wildman–Crippen LogP) is 1.85. The van der Waals surface area contributed by atoms with Crippen LogP contribution in [0.1, 0.15) is 39.0 Å². The van der Waals surface area contributed by atoms with Gasteiger partial charge in [-0.05, 0) is 45.6 Å². The maximum atomic E-state index is 9.01. The topological polar surface area (TPSA) is 32.3 Å². The molecule has 0 aliphatic heterocycles. The van der Waals surface area contributed by atoms with Gasteiger partial charge in [0.2, 0.25) is 0 Å². The Morgan fingerprint density at radius 2 is 2.38 bits per heavy atom. The summed E-state index contributed by atoms with van der Waals surface area (Å²) in [6, 6.07) is 0. The largest absolute Gasteiger partial charge is 0.392 e. The molecular weight excluding hydrogens is 162 g/mol. The molecule has 2 heteroatoms.